The second kappa shape index (κ2) is 7.18. The lowest BCUT2D eigenvalue weighted by atomic mass is 10.1. The number of ether oxygens (including phenoxy) is 1. The van der Waals surface area contributed by atoms with Crippen LogP contribution in [0.2, 0.25) is 0 Å². The van der Waals surface area contributed by atoms with Gasteiger partial charge in [-0.1, -0.05) is 17.2 Å². The standard InChI is InChI=1S/C17H17N5O4/c1-10(2)22-9-8-13(21-22)15-19-20-17(26-15)18-14(23)11-6-4-5-7-12(11)16(24)25-3/h4-10H,1-3H3,(H,18,20,23). The molecule has 134 valence electrons. The molecule has 0 spiro atoms. The molecule has 1 N–H and O–H groups in total. The number of nitrogens with zero attached hydrogens (tertiary/aromatic N) is 4. The Kier molecular flexibility index (Phi) is 4.78. The highest BCUT2D eigenvalue weighted by Crippen LogP contribution is 2.20. The molecule has 0 aliphatic carbocycles. The zero-order valence-corrected chi connectivity index (χ0v) is 14.5. The van der Waals surface area contributed by atoms with Crippen LogP contribution in [0.4, 0.5) is 6.01 Å². The number of rotatable bonds is 5. The van der Waals surface area contributed by atoms with E-state index in [4.69, 9.17) is 4.42 Å². The molecule has 0 saturated carbocycles. The number of carbonyl (C=O) groups excluding carboxylic acids is 2. The molecular weight excluding hydrogens is 338 g/mol. The van der Waals surface area contributed by atoms with Gasteiger partial charge >= 0.3 is 12.0 Å². The minimum Gasteiger partial charge on any atom is -0.465 e. The molecule has 9 heteroatoms. The van der Waals surface area contributed by atoms with Crippen LogP contribution in [0, 0.1) is 0 Å². The summed E-state index contributed by atoms with van der Waals surface area (Å²) in [5.41, 5.74) is 0.785. The van der Waals surface area contributed by atoms with Crippen molar-refractivity contribution in [1.29, 1.82) is 0 Å². The van der Waals surface area contributed by atoms with Crippen LogP contribution in [0.25, 0.3) is 11.6 Å². The highest BCUT2D eigenvalue weighted by molar-refractivity contribution is 6.10. The van der Waals surface area contributed by atoms with E-state index in [-0.39, 0.29) is 29.1 Å². The first-order chi connectivity index (χ1) is 12.5. The summed E-state index contributed by atoms with van der Waals surface area (Å²) in [5, 5.41) is 14.5. The van der Waals surface area contributed by atoms with E-state index in [1.165, 1.54) is 19.2 Å². The van der Waals surface area contributed by atoms with Crippen LogP contribution in [0.3, 0.4) is 0 Å². The van der Waals surface area contributed by atoms with E-state index >= 15 is 0 Å². The molecule has 2 heterocycles. The summed E-state index contributed by atoms with van der Waals surface area (Å²) in [6.07, 6.45) is 1.80. The van der Waals surface area contributed by atoms with Crippen LogP contribution in [-0.2, 0) is 4.74 Å². The van der Waals surface area contributed by atoms with E-state index in [1.807, 2.05) is 13.8 Å². The Labute approximate surface area is 149 Å². The van der Waals surface area contributed by atoms with E-state index in [0.29, 0.717) is 5.69 Å². The zero-order chi connectivity index (χ0) is 18.7. The third kappa shape index (κ3) is 3.46. The molecular formula is C17H17N5O4. The maximum Gasteiger partial charge on any atom is 0.338 e. The normalized spacial score (nSPS) is 10.8. The number of hydrogen-bond donors (Lipinski definition) is 1. The monoisotopic (exact) mass is 355 g/mol. The Bertz CT molecular complexity index is 944. The van der Waals surface area contributed by atoms with Gasteiger partial charge in [0.1, 0.15) is 5.69 Å². The van der Waals surface area contributed by atoms with Crippen LogP contribution >= 0.6 is 0 Å². The number of amides is 1. The van der Waals surface area contributed by atoms with E-state index in [1.54, 1.807) is 29.1 Å². The summed E-state index contributed by atoms with van der Waals surface area (Å²) in [4.78, 5) is 24.2. The largest absolute Gasteiger partial charge is 0.465 e. The molecule has 0 unspecified atom stereocenters. The number of hydrogen-bond acceptors (Lipinski definition) is 7. The maximum absolute atomic E-state index is 12.4. The van der Waals surface area contributed by atoms with Gasteiger partial charge in [-0.3, -0.25) is 14.8 Å². The molecule has 0 aliphatic rings. The predicted molar refractivity (Wildman–Crippen MR) is 91.6 cm³/mol. The van der Waals surface area contributed by atoms with Gasteiger partial charge in [-0.2, -0.15) is 5.10 Å². The Morgan fingerprint density at radius 2 is 1.88 bits per heavy atom. The van der Waals surface area contributed by atoms with Crippen molar-refractivity contribution in [2.75, 3.05) is 12.4 Å². The second-order valence-corrected chi connectivity index (χ2v) is 5.68. The molecule has 1 aromatic carbocycles. The highest BCUT2D eigenvalue weighted by atomic mass is 16.5. The van der Waals surface area contributed by atoms with Crippen LogP contribution in [0.15, 0.2) is 40.9 Å². The average molecular weight is 355 g/mol. The van der Waals surface area contributed by atoms with E-state index in [9.17, 15) is 9.59 Å². The molecule has 2 aromatic heterocycles. The molecule has 0 saturated heterocycles. The maximum atomic E-state index is 12.4. The Balaban J connectivity index is 1.79. The van der Waals surface area contributed by atoms with Crippen LogP contribution in [0.5, 0.6) is 0 Å². The number of anilines is 1. The van der Waals surface area contributed by atoms with Crippen molar-refractivity contribution in [3.05, 3.63) is 47.7 Å². The van der Waals surface area contributed by atoms with Gasteiger partial charge in [-0.25, -0.2) is 4.79 Å². The number of benzene rings is 1. The molecule has 0 bridgehead atoms. The summed E-state index contributed by atoms with van der Waals surface area (Å²) in [6.45, 7) is 3.99. The van der Waals surface area contributed by atoms with Gasteiger partial charge in [0.25, 0.3) is 11.8 Å². The van der Waals surface area contributed by atoms with Gasteiger partial charge in [0.05, 0.1) is 18.2 Å². The van der Waals surface area contributed by atoms with Crippen LogP contribution in [-0.4, -0.2) is 39.0 Å². The quantitative estimate of drug-likeness (QED) is 0.700. The Morgan fingerprint density at radius 3 is 2.54 bits per heavy atom. The number of nitrogens with one attached hydrogen (secondary N) is 1. The zero-order valence-electron chi connectivity index (χ0n) is 14.5. The minimum atomic E-state index is -0.610. The minimum absolute atomic E-state index is 0.0937. The fraction of sp³-hybridized carbons (Fsp3) is 0.235. The van der Waals surface area contributed by atoms with Crippen molar-refractivity contribution in [3.8, 4) is 11.6 Å². The number of esters is 1. The summed E-state index contributed by atoms with van der Waals surface area (Å²) in [5.74, 6) is -0.990. The van der Waals surface area contributed by atoms with Gasteiger partial charge in [-0.15, -0.1) is 5.10 Å². The second-order valence-electron chi connectivity index (χ2n) is 5.68. The molecule has 3 rings (SSSR count). The highest BCUT2D eigenvalue weighted by Gasteiger charge is 2.19. The Morgan fingerprint density at radius 1 is 1.15 bits per heavy atom. The van der Waals surface area contributed by atoms with Crippen LogP contribution in [0.1, 0.15) is 40.6 Å². The molecule has 1 amide bonds. The number of carbonyl (C=O) groups is 2. The van der Waals surface area contributed by atoms with Crippen molar-refractivity contribution in [3.63, 3.8) is 0 Å². The van der Waals surface area contributed by atoms with Crippen LogP contribution < -0.4 is 5.32 Å². The average Bonchev–Trinajstić information content (AvgIpc) is 3.30. The lowest BCUT2D eigenvalue weighted by Crippen LogP contribution is -2.17. The molecule has 0 atom stereocenters. The van der Waals surface area contributed by atoms with E-state index < -0.39 is 11.9 Å². The fourth-order valence-corrected chi connectivity index (χ4v) is 2.25. The molecule has 0 fully saturated rings. The molecule has 26 heavy (non-hydrogen) atoms. The van der Waals surface area contributed by atoms with Gasteiger partial charge in [-0.05, 0) is 32.0 Å². The molecule has 9 nitrogen and oxygen atoms in total. The van der Waals surface area contributed by atoms with Gasteiger partial charge in [0, 0.05) is 12.2 Å². The van der Waals surface area contributed by atoms with Crippen molar-refractivity contribution in [2.24, 2.45) is 0 Å². The number of methoxy groups -OCH3 is 1. The van der Waals surface area contributed by atoms with Crippen molar-refractivity contribution >= 4 is 17.9 Å². The SMILES string of the molecule is COC(=O)c1ccccc1C(=O)Nc1nnc(-c2ccn(C(C)C)n2)o1. The summed E-state index contributed by atoms with van der Waals surface area (Å²) < 4.78 is 11.9. The third-order valence-corrected chi connectivity index (χ3v) is 3.58. The van der Waals surface area contributed by atoms with Crippen molar-refractivity contribution in [2.45, 2.75) is 19.9 Å². The topological polar surface area (TPSA) is 112 Å². The first-order valence-corrected chi connectivity index (χ1v) is 7.87. The van der Waals surface area contributed by atoms with Crippen molar-refractivity contribution < 1.29 is 18.7 Å². The molecule has 0 aliphatic heterocycles. The smallest absolute Gasteiger partial charge is 0.338 e. The third-order valence-electron chi connectivity index (χ3n) is 3.58. The van der Waals surface area contributed by atoms with Gasteiger partial charge in [0.15, 0.2) is 0 Å². The lowest BCUT2D eigenvalue weighted by molar-refractivity contribution is 0.0597. The summed E-state index contributed by atoms with van der Waals surface area (Å²) in [6, 6.07) is 8.12. The number of aromatic nitrogens is 4. The van der Waals surface area contributed by atoms with Gasteiger partial charge in [0.2, 0.25) is 0 Å². The first-order valence-electron chi connectivity index (χ1n) is 7.87. The van der Waals surface area contributed by atoms with E-state index in [0.717, 1.165) is 0 Å². The molecule has 0 radical (unpaired) electrons. The molecule has 3 aromatic rings. The lowest BCUT2D eigenvalue weighted by Gasteiger charge is -2.06. The predicted octanol–water partition coefficient (Wildman–Crippen LogP) is 2.55. The summed E-state index contributed by atoms with van der Waals surface area (Å²) >= 11 is 0. The van der Waals surface area contributed by atoms with E-state index in [2.05, 4.69) is 25.3 Å². The Hall–Kier alpha value is -3.49. The fourth-order valence-electron chi connectivity index (χ4n) is 2.25. The summed E-state index contributed by atoms with van der Waals surface area (Å²) in [7, 11) is 1.25. The van der Waals surface area contributed by atoms with Crippen molar-refractivity contribution in [1.82, 2.24) is 20.0 Å². The first kappa shape index (κ1) is 17.3. The van der Waals surface area contributed by atoms with Gasteiger partial charge < -0.3 is 9.15 Å².